The summed E-state index contributed by atoms with van der Waals surface area (Å²) in [6.07, 6.45) is 13.4. The zero-order valence-corrected chi connectivity index (χ0v) is 44.2. The highest BCUT2D eigenvalue weighted by Gasteiger charge is 2.57. The number of ketones is 2. The lowest BCUT2D eigenvalue weighted by Gasteiger charge is -2.50. The molecule has 2 saturated carbocycles. The molecule has 2 bridgehead atoms. The van der Waals surface area contributed by atoms with E-state index in [0.29, 0.717) is 47.3 Å². The molecule has 5 N–H and O–H groups in total. The molecule has 2 fully saturated rings. The van der Waals surface area contributed by atoms with E-state index in [1.165, 1.54) is 37.5 Å². The van der Waals surface area contributed by atoms with Gasteiger partial charge in [0.25, 0.3) is 5.91 Å². The van der Waals surface area contributed by atoms with Gasteiger partial charge in [-0.25, -0.2) is 4.79 Å². The van der Waals surface area contributed by atoms with E-state index in [9.17, 15) is 29.4 Å². The lowest BCUT2D eigenvalue weighted by molar-refractivity contribution is -0.120. The maximum Gasteiger partial charge on any atom is 0.405 e. The summed E-state index contributed by atoms with van der Waals surface area (Å²) in [5, 5.41) is 26.4. The largest absolute Gasteiger partial charge is 0.543 e. The van der Waals surface area contributed by atoms with Crippen molar-refractivity contribution in [2.45, 2.75) is 168 Å². The van der Waals surface area contributed by atoms with Gasteiger partial charge < -0.3 is 39.9 Å². The highest BCUT2D eigenvalue weighted by atomic mass is 28.4. The number of carbonyl (C=O) groups is 4. The molecule has 0 radical (unpaired) electrons. The number of fused-ring (bicyclic) bond motifs is 7. The van der Waals surface area contributed by atoms with Gasteiger partial charge in [-0.05, 0) is 154 Å². The van der Waals surface area contributed by atoms with Gasteiger partial charge in [0.1, 0.15) is 11.9 Å². The van der Waals surface area contributed by atoms with Crippen LogP contribution in [0.4, 0.5) is 4.79 Å². The van der Waals surface area contributed by atoms with Gasteiger partial charge in [0.2, 0.25) is 14.1 Å². The Labute approximate surface area is 412 Å². The van der Waals surface area contributed by atoms with Crippen LogP contribution in [0.25, 0.3) is 0 Å². The number of hydrogen-bond acceptors (Lipinski definition) is 10. The van der Waals surface area contributed by atoms with Crippen molar-refractivity contribution >= 4 is 31.9 Å². The number of ether oxygens (including phenoxy) is 3. The third kappa shape index (κ3) is 11.9. The number of carbonyl (C=O) groups excluding carboxylic acids is 4. The zero-order valence-electron chi connectivity index (χ0n) is 43.2. The van der Waals surface area contributed by atoms with Gasteiger partial charge in [0, 0.05) is 42.9 Å². The van der Waals surface area contributed by atoms with E-state index in [1.54, 1.807) is 32.1 Å². The molecule has 1 aliphatic heterocycles. The number of hydrogen-bond donors (Lipinski definition) is 4. The quantitative estimate of drug-likeness (QED) is 0.106. The van der Waals surface area contributed by atoms with Crippen LogP contribution in [0.2, 0.25) is 18.1 Å². The molecule has 1 aromatic rings. The number of benzene rings is 1. The van der Waals surface area contributed by atoms with Gasteiger partial charge >= 0.3 is 6.09 Å². The third-order valence-corrected chi connectivity index (χ3v) is 21.2. The van der Waals surface area contributed by atoms with Gasteiger partial charge in [-0.15, -0.1) is 0 Å². The minimum Gasteiger partial charge on any atom is -0.543 e. The number of rotatable bonds is 9. The van der Waals surface area contributed by atoms with Gasteiger partial charge in [0.15, 0.2) is 11.9 Å². The van der Waals surface area contributed by atoms with Crippen molar-refractivity contribution in [2.75, 3.05) is 14.2 Å². The number of primary amides is 1. The Hall–Kier alpha value is -4.40. The van der Waals surface area contributed by atoms with Crippen LogP contribution in [0.5, 0.6) is 5.75 Å². The first-order chi connectivity index (χ1) is 32.4. The van der Waals surface area contributed by atoms with E-state index < -0.39 is 62.5 Å². The number of amides is 2. The standard InChI is InChI=1S/C56H80N2O10Si/c1-32-26-43-42(18-14-13-17-37-30-44-41-22-20-36-29-38(68-69(11,12)55(5,6)7)21-23-39(36)40(41)24-25-56(44,8)52(37)62)46(59)31-45(50(43)61)58-53(63)33(2)16-15-19-47(65-9)51(67-54(57)64)35(4)28-34(3)49(60)48(27-32)66-10/h13-16,19,21,23,28-29,31-32,34,37,40-41,44,47-49,51-52,60,62H,17-18,20,22,24-27,30H2,1-12H3,(H2,57,64)(H,58,63)/b14-13+,19-15-,33-16+,35-28+/t32-,34+,37+,40+,41+,44-,47?,48+,49-,51+,52-,56-/m0/s1. The van der Waals surface area contributed by atoms with Crippen LogP contribution in [0, 0.1) is 35.0 Å². The number of aliphatic hydroxyl groups excluding tert-OH is 2. The van der Waals surface area contributed by atoms with Crippen molar-refractivity contribution < 1.29 is 48.0 Å². The Kier molecular flexibility index (Phi) is 17.1. The number of aryl methyl sites for hydroxylation is 1. The molecule has 13 heteroatoms. The zero-order chi connectivity index (χ0) is 50.7. The van der Waals surface area contributed by atoms with Gasteiger partial charge in [-0.3, -0.25) is 14.4 Å². The highest BCUT2D eigenvalue weighted by molar-refractivity contribution is 6.74. The van der Waals surface area contributed by atoms with Crippen molar-refractivity contribution in [2.24, 2.45) is 40.7 Å². The van der Waals surface area contributed by atoms with Crippen molar-refractivity contribution in [1.82, 2.24) is 5.32 Å². The number of Topliss-reactive ketones (excluding diaryl/α,β-unsaturated/α-hetero) is 1. The third-order valence-electron chi connectivity index (χ3n) is 16.8. The second-order valence-electron chi connectivity index (χ2n) is 22.6. The van der Waals surface area contributed by atoms with E-state index in [4.69, 9.17) is 24.4 Å². The summed E-state index contributed by atoms with van der Waals surface area (Å²) in [7, 11) is 1.00. The Morgan fingerprint density at radius 3 is 2.42 bits per heavy atom. The second kappa shape index (κ2) is 21.9. The molecule has 12 atom stereocenters. The number of nitrogens with two attached hydrogens (primary N) is 1. The fourth-order valence-electron chi connectivity index (χ4n) is 11.8. The first-order valence-corrected chi connectivity index (χ1v) is 28.0. The first-order valence-electron chi connectivity index (χ1n) is 25.1. The molecular formula is C56H80N2O10Si. The topological polar surface area (TPSA) is 184 Å². The predicted molar refractivity (Wildman–Crippen MR) is 272 cm³/mol. The van der Waals surface area contributed by atoms with E-state index >= 15 is 0 Å². The Morgan fingerprint density at radius 2 is 1.75 bits per heavy atom. The SMILES string of the molecule is COC1/C=C\C=C(/C)C(=O)NC2=CC(=O)C(C/C=C/C[C@@H]3C[C@H]4[C@@H]5CCc6cc(O[Si](C)(C)C(C)(C)C)ccc6[C@H]5CC[C@]4(C)[C@H]3O)=C(C[C@H](C)C[C@@H](OC)[C@@H](O)[C@H](C)/C=C(\C)[C@H]1OC(N)=O)C2=O. The van der Waals surface area contributed by atoms with Gasteiger partial charge in [0.05, 0.1) is 24.0 Å². The lowest BCUT2D eigenvalue weighted by atomic mass is 9.55. The highest BCUT2D eigenvalue weighted by Crippen LogP contribution is 2.63. The summed E-state index contributed by atoms with van der Waals surface area (Å²) in [5.41, 5.74) is 9.56. The fourth-order valence-corrected chi connectivity index (χ4v) is 12.8. The van der Waals surface area contributed by atoms with E-state index in [-0.39, 0.29) is 52.2 Å². The molecule has 0 saturated heterocycles. The van der Waals surface area contributed by atoms with E-state index in [1.807, 2.05) is 19.9 Å². The Morgan fingerprint density at radius 1 is 1.03 bits per heavy atom. The summed E-state index contributed by atoms with van der Waals surface area (Å²) in [6, 6.07) is 6.81. The molecule has 1 unspecified atom stereocenters. The van der Waals surface area contributed by atoms with Crippen LogP contribution in [-0.2, 0) is 35.0 Å². The lowest BCUT2D eigenvalue weighted by Crippen LogP contribution is -2.44. The molecule has 1 heterocycles. The van der Waals surface area contributed by atoms with Crippen LogP contribution >= 0.6 is 0 Å². The fraction of sp³-hybridized carbons (Fsp3) is 0.607. The van der Waals surface area contributed by atoms with Gasteiger partial charge in [-0.2, -0.15) is 0 Å². The molecule has 6 rings (SSSR count). The molecule has 69 heavy (non-hydrogen) atoms. The summed E-state index contributed by atoms with van der Waals surface area (Å²) in [4.78, 5) is 53.8. The second-order valence-corrected chi connectivity index (χ2v) is 27.3. The summed E-state index contributed by atoms with van der Waals surface area (Å²) in [6.45, 7) is 20.8. The summed E-state index contributed by atoms with van der Waals surface area (Å²) in [5.74, 6) is 0.399. The number of aliphatic hydroxyl groups is 2. The van der Waals surface area contributed by atoms with Crippen molar-refractivity contribution in [1.29, 1.82) is 0 Å². The molecule has 2 amide bonds. The molecule has 0 spiro atoms. The molecule has 4 aliphatic carbocycles. The predicted octanol–water partition coefficient (Wildman–Crippen LogP) is 9.67. The number of nitrogens with one attached hydrogen (secondary N) is 1. The van der Waals surface area contributed by atoms with Crippen LogP contribution in [-0.4, -0.2) is 86.8 Å². The maximum atomic E-state index is 14.3. The Bertz CT molecular complexity index is 2300. The summed E-state index contributed by atoms with van der Waals surface area (Å²) < 4.78 is 23.6. The Balaban J connectivity index is 1.20. The molecule has 378 valence electrons. The van der Waals surface area contributed by atoms with E-state index in [0.717, 1.165) is 37.9 Å². The minimum atomic E-state index is -1.96. The average Bonchev–Trinajstić information content (AvgIpc) is 3.54. The number of allylic oxidation sites excluding steroid dienone is 7. The minimum absolute atomic E-state index is 0.0757. The smallest absolute Gasteiger partial charge is 0.405 e. The monoisotopic (exact) mass is 969 g/mol. The normalized spacial score (nSPS) is 34.9. The van der Waals surface area contributed by atoms with Crippen LogP contribution < -0.4 is 15.5 Å². The van der Waals surface area contributed by atoms with Crippen molar-refractivity contribution in [3.63, 3.8) is 0 Å². The van der Waals surface area contributed by atoms with Crippen LogP contribution in [0.3, 0.4) is 0 Å². The van der Waals surface area contributed by atoms with E-state index in [2.05, 4.69) is 70.4 Å². The van der Waals surface area contributed by atoms with Gasteiger partial charge in [-0.1, -0.05) is 84.1 Å². The van der Waals surface area contributed by atoms with Crippen molar-refractivity contribution in [3.05, 3.63) is 99.8 Å². The molecule has 0 aromatic heterocycles. The van der Waals surface area contributed by atoms with Crippen LogP contribution in [0.15, 0.2) is 88.7 Å². The first kappa shape index (κ1) is 53.9. The average molecular weight is 969 g/mol. The number of methoxy groups -OCH3 is 2. The molecule has 12 nitrogen and oxygen atoms in total. The molecule has 1 aromatic carbocycles. The summed E-state index contributed by atoms with van der Waals surface area (Å²) >= 11 is 0. The molecule has 5 aliphatic rings. The molecular weight excluding hydrogens is 889 g/mol. The maximum absolute atomic E-state index is 14.3. The van der Waals surface area contributed by atoms with Crippen molar-refractivity contribution in [3.8, 4) is 5.75 Å². The van der Waals surface area contributed by atoms with Crippen LogP contribution in [0.1, 0.15) is 124 Å².